The van der Waals surface area contributed by atoms with Crippen LogP contribution in [-0.4, -0.2) is 50.0 Å². The molecule has 174 valence electrons. The van der Waals surface area contributed by atoms with Gasteiger partial charge in [0.15, 0.2) is 6.61 Å². The third-order valence-corrected chi connectivity index (χ3v) is 4.98. The summed E-state index contributed by atoms with van der Waals surface area (Å²) in [4.78, 5) is 58.6. The maximum atomic E-state index is 12.5. The summed E-state index contributed by atoms with van der Waals surface area (Å²) in [6.45, 7) is 4.87. The fourth-order valence-corrected chi connectivity index (χ4v) is 3.57. The predicted octanol–water partition coefficient (Wildman–Crippen LogP) is 2.04. The molecule has 3 aromatic rings. The number of nitrogens with one attached hydrogen (secondary N) is 1. The lowest BCUT2D eigenvalue weighted by Crippen LogP contribution is -2.28. The molecule has 3 amide bonds. The van der Waals surface area contributed by atoms with Crippen molar-refractivity contribution in [2.24, 2.45) is 0 Å². The van der Waals surface area contributed by atoms with Gasteiger partial charge in [-0.2, -0.15) is 9.78 Å². The van der Waals surface area contributed by atoms with Crippen molar-refractivity contribution in [1.82, 2.24) is 19.7 Å². The first-order valence-electron chi connectivity index (χ1n) is 10.5. The number of benzene rings is 1. The van der Waals surface area contributed by atoms with Crippen molar-refractivity contribution in [1.29, 1.82) is 0 Å². The van der Waals surface area contributed by atoms with Crippen LogP contribution in [0, 0.1) is 20.8 Å². The lowest BCUT2D eigenvalue weighted by atomic mass is 10.2. The van der Waals surface area contributed by atoms with Crippen LogP contribution in [0.15, 0.2) is 36.4 Å². The van der Waals surface area contributed by atoms with Crippen LogP contribution in [0.4, 0.5) is 11.5 Å². The molecule has 1 aliphatic heterocycles. The molecular weight excluding hydrogens is 440 g/mol. The van der Waals surface area contributed by atoms with E-state index in [9.17, 15) is 19.2 Å². The SMILES string of the molecule is Cc1cc(C)nc(-n2nc(C)cc2NC(=O)COC(=O)c2cccc(N3C(=O)CCC3=O)c2)n1. The Balaban J connectivity index is 1.43. The van der Waals surface area contributed by atoms with Crippen LogP contribution in [0.25, 0.3) is 5.95 Å². The van der Waals surface area contributed by atoms with Crippen LogP contribution in [0.3, 0.4) is 0 Å². The monoisotopic (exact) mass is 462 g/mol. The number of imide groups is 1. The van der Waals surface area contributed by atoms with Crippen LogP contribution in [0.5, 0.6) is 0 Å². The Kier molecular flexibility index (Phi) is 6.17. The fourth-order valence-electron chi connectivity index (χ4n) is 3.57. The molecular formula is C23H22N6O5. The lowest BCUT2D eigenvalue weighted by Gasteiger charge is -2.14. The van der Waals surface area contributed by atoms with Gasteiger partial charge in [-0.05, 0) is 45.0 Å². The highest BCUT2D eigenvalue weighted by molar-refractivity contribution is 6.20. The number of rotatable bonds is 6. The zero-order valence-electron chi connectivity index (χ0n) is 18.9. The first-order valence-corrected chi connectivity index (χ1v) is 10.5. The Bertz CT molecular complexity index is 1280. The average molecular weight is 462 g/mol. The fraction of sp³-hybridized carbons (Fsp3) is 0.261. The lowest BCUT2D eigenvalue weighted by molar-refractivity contribution is -0.121. The van der Waals surface area contributed by atoms with E-state index in [0.29, 0.717) is 23.1 Å². The number of hydrogen-bond acceptors (Lipinski definition) is 8. The molecule has 3 heterocycles. The van der Waals surface area contributed by atoms with E-state index in [0.717, 1.165) is 16.3 Å². The molecule has 0 saturated carbocycles. The highest BCUT2D eigenvalue weighted by atomic mass is 16.5. The van der Waals surface area contributed by atoms with Crippen LogP contribution >= 0.6 is 0 Å². The molecule has 0 unspecified atom stereocenters. The molecule has 2 aromatic heterocycles. The largest absolute Gasteiger partial charge is 0.452 e. The number of carbonyl (C=O) groups excluding carboxylic acids is 4. The van der Waals surface area contributed by atoms with Gasteiger partial charge in [-0.25, -0.2) is 14.8 Å². The molecule has 1 saturated heterocycles. The van der Waals surface area contributed by atoms with E-state index in [1.54, 1.807) is 19.1 Å². The summed E-state index contributed by atoms with van der Waals surface area (Å²) in [6.07, 6.45) is 0.272. The first kappa shape index (κ1) is 22.8. The normalized spacial score (nSPS) is 13.3. The zero-order valence-corrected chi connectivity index (χ0v) is 18.9. The van der Waals surface area contributed by atoms with Gasteiger partial charge >= 0.3 is 5.97 Å². The van der Waals surface area contributed by atoms with E-state index in [4.69, 9.17) is 4.74 Å². The van der Waals surface area contributed by atoms with E-state index in [2.05, 4.69) is 20.4 Å². The Morgan fingerprint density at radius 2 is 1.65 bits per heavy atom. The summed E-state index contributed by atoms with van der Waals surface area (Å²) in [5.41, 5.74) is 2.54. The van der Waals surface area contributed by atoms with Crippen molar-refractivity contribution in [3.8, 4) is 5.95 Å². The minimum Gasteiger partial charge on any atom is -0.452 e. The van der Waals surface area contributed by atoms with Crippen molar-refractivity contribution in [2.75, 3.05) is 16.8 Å². The third kappa shape index (κ3) is 4.82. The quantitative estimate of drug-likeness (QED) is 0.434. The van der Waals surface area contributed by atoms with Crippen molar-refractivity contribution >= 4 is 35.2 Å². The molecule has 4 rings (SSSR count). The van der Waals surface area contributed by atoms with Gasteiger partial charge in [-0.3, -0.25) is 19.3 Å². The molecule has 1 fully saturated rings. The predicted molar refractivity (Wildman–Crippen MR) is 120 cm³/mol. The molecule has 1 N–H and O–H groups in total. The van der Waals surface area contributed by atoms with Crippen LogP contribution in [0.2, 0.25) is 0 Å². The van der Waals surface area contributed by atoms with E-state index in [1.165, 1.54) is 22.9 Å². The van der Waals surface area contributed by atoms with Gasteiger partial charge < -0.3 is 10.1 Å². The number of ether oxygens (including phenoxy) is 1. The second-order valence-electron chi connectivity index (χ2n) is 7.83. The number of aromatic nitrogens is 4. The third-order valence-electron chi connectivity index (χ3n) is 4.98. The number of aryl methyl sites for hydroxylation is 3. The Morgan fingerprint density at radius 3 is 2.32 bits per heavy atom. The van der Waals surface area contributed by atoms with Crippen molar-refractivity contribution in [3.05, 3.63) is 59.0 Å². The first-order chi connectivity index (χ1) is 16.2. The second kappa shape index (κ2) is 9.22. The number of amides is 3. The Labute approximate surface area is 194 Å². The van der Waals surface area contributed by atoms with E-state index in [-0.39, 0.29) is 30.2 Å². The van der Waals surface area contributed by atoms with E-state index in [1.807, 2.05) is 19.9 Å². The van der Waals surface area contributed by atoms with Gasteiger partial charge in [0.1, 0.15) is 5.82 Å². The van der Waals surface area contributed by atoms with Gasteiger partial charge in [0.25, 0.3) is 11.9 Å². The summed E-state index contributed by atoms with van der Waals surface area (Å²) in [5, 5.41) is 6.98. The Hall–Kier alpha value is -4.41. The van der Waals surface area contributed by atoms with Crippen LogP contribution in [-0.2, 0) is 19.1 Å². The average Bonchev–Trinajstić information content (AvgIpc) is 3.32. The molecule has 34 heavy (non-hydrogen) atoms. The summed E-state index contributed by atoms with van der Waals surface area (Å²) in [6, 6.07) is 9.43. The van der Waals surface area contributed by atoms with Crippen molar-refractivity contribution in [2.45, 2.75) is 33.6 Å². The molecule has 0 radical (unpaired) electrons. The number of hydrogen-bond donors (Lipinski definition) is 1. The van der Waals surface area contributed by atoms with Gasteiger partial charge in [-0.1, -0.05) is 6.07 Å². The van der Waals surface area contributed by atoms with Gasteiger partial charge in [0, 0.05) is 30.3 Å². The maximum Gasteiger partial charge on any atom is 0.338 e. The standard InChI is InChI=1S/C23H22N6O5/c1-13-9-14(2)25-23(24-13)29-18(10-15(3)27-29)26-19(30)12-34-22(33)16-5-4-6-17(11-16)28-20(31)7-8-21(28)32/h4-6,9-11H,7-8,12H2,1-3H3,(H,26,30). The molecule has 11 nitrogen and oxygen atoms in total. The molecule has 0 aliphatic carbocycles. The number of esters is 1. The van der Waals surface area contributed by atoms with E-state index < -0.39 is 18.5 Å². The maximum absolute atomic E-state index is 12.5. The van der Waals surface area contributed by atoms with Crippen LogP contribution < -0.4 is 10.2 Å². The summed E-state index contributed by atoms with van der Waals surface area (Å²) >= 11 is 0. The number of anilines is 2. The highest BCUT2D eigenvalue weighted by Crippen LogP contribution is 2.23. The summed E-state index contributed by atoms with van der Waals surface area (Å²) in [7, 11) is 0. The molecule has 0 atom stereocenters. The minimum absolute atomic E-state index is 0.113. The second-order valence-corrected chi connectivity index (χ2v) is 7.83. The van der Waals surface area contributed by atoms with Gasteiger partial charge in [-0.15, -0.1) is 0 Å². The van der Waals surface area contributed by atoms with Crippen LogP contribution in [0.1, 0.15) is 40.3 Å². The zero-order chi connectivity index (χ0) is 24.4. The molecule has 0 spiro atoms. The summed E-state index contributed by atoms with van der Waals surface area (Å²) in [5.74, 6) is -1.36. The minimum atomic E-state index is -0.765. The molecule has 11 heteroatoms. The van der Waals surface area contributed by atoms with Gasteiger partial charge in [0.05, 0.1) is 16.9 Å². The molecule has 1 aliphatic rings. The van der Waals surface area contributed by atoms with Crippen molar-refractivity contribution in [3.63, 3.8) is 0 Å². The van der Waals surface area contributed by atoms with Gasteiger partial charge in [0.2, 0.25) is 11.8 Å². The number of nitrogens with zero attached hydrogens (tertiary/aromatic N) is 5. The molecule has 0 bridgehead atoms. The summed E-state index contributed by atoms with van der Waals surface area (Å²) < 4.78 is 6.53. The Morgan fingerprint density at radius 1 is 0.971 bits per heavy atom. The highest BCUT2D eigenvalue weighted by Gasteiger charge is 2.30. The topological polar surface area (TPSA) is 136 Å². The van der Waals surface area contributed by atoms with Crippen molar-refractivity contribution < 1.29 is 23.9 Å². The smallest absolute Gasteiger partial charge is 0.338 e. The van der Waals surface area contributed by atoms with E-state index >= 15 is 0 Å². The molecule has 1 aromatic carbocycles. The number of carbonyl (C=O) groups is 4.